The summed E-state index contributed by atoms with van der Waals surface area (Å²) in [6.07, 6.45) is 23.3. The van der Waals surface area contributed by atoms with Crippen molar-refractivity contribution in [2.75, 3.05) is 0 Å². The van der Waals surface area contributed by atoms with Gasteiger partial charge in [0.1, 0.15) is 6.54 Å². The summed E-state index contributed by atoms with van der Waals surface area (Å²) < 4.78 is 44.2. The Morgan fingerprint density at radius 3 is 2.24 bits per heavy atom. The second kappa shape index (κ2) is 17.1. The van der Waals surface area contributed by atoms with Gasteiger partial charge < -0.3 is 0 Å². The number of Topliss-reactive ketones (excluding diaryl/α,β-unsaturated/α-hetero) is 1. The molecule has 3 heterocycles. The lowest BCUT2D eigenvalue weighted by atomic mass is 9.94. The summed E-state index contributed by atoms with van der Waals surface area (Å²) in [7, 11) is 0. The van der Waals surface area contributed by atoms with Gasteiger partial charge in [-0.05, 0) is 24.0 Å². The highest BCUT2D eigenvalue weighted by Crippen LogP contribution is 2.36. The van der Waals surface area contributed by atoms with Crippen molar-refractivity contribution in [2.24, 2.45) is 0 Å². The summed E-state index contributed by atoms with van der Waals surface area (Å²) in [5, 5.41) is 3.68. The summed E-state index contributed by atoms with van der Waals surface area (Å²) in [5.74, 6) is 2.50. The van der Waals surface area contributed by atoms with E-state index in [0.29, 0.717) is 24.2 Å². The Hall–Kier alpha value is -3.93. The van der Waals surface area contributed by atoms with Crippen LogP contribution in [0.2, 0.25) is 0 Å². The van der Waals surface area contributed by atoms with Crippen LogP contribution in [0.1, 0.15) is 130 Å². The minimum Gasteiger partial charge on any atom is -0.296 e. The molecule has 3 aromatic heterocycles. The molecular weight excluding hydrogens is 587 g/mol. The Labute approximate surface area is 270 Å². The second-order valence-electron chi connectivity index (χ2n) is 12.1. The lowest BCUT2D eigenvalue weighted by molar-refractivity contribution is -0.141. The average molecular weight is 634 g/mol. The number of benzene rings is 1. The molecule has 0 saturated carbocycles. The Bertz CT molecular complexity index is 1610. The van der Waals surface area contributed by atoms with E-state index in [1.165, 1.54) is 76.6 Å². The van der Waals surface area contributed by atoms with Gasteiger partial charge in [0.15, 0.2) is 17.1 Å². The number of imidazole rings is 1. The van der Waals surface area contributed by atoms with Crippen molar-refractivity contribution >= 4 is 11.4 Å². The van der Waals surface area contributed by atoms with E-state index in [0.717, 1.165) is 40.6 Å². The maximum absolute atomic E-state index is 13.8. The van der Waals surface area contributed by atoms with Crippen LogP contribution in [0.3, 0.4) is 0 Å². The third-order valence-corrected chi connectivity index (χ3v) is 8.54. The van der Waals surface area contributed by atoms with Crippen LogP contribution in [-0.4, -0.2) is 29.9 Å². The molecular formula is C37H46F3N5O. The Morgan fingerprint density at radius 2 is 1.61 bits per heavy atom. The number of unbranched alkanes of at least 4 members (excludes halogenated alkanes) is 11. The molecule has 1 aromatic carbocycles. The van der Waals surface area contributed by atoms with E-state index >= 15 is 0 Å². The monoisotopic (exact) mass is 633 g/mol. The van der Waals surface area contributed by atoms with E-state index in [1.807, 2.05) is 25.1 Å². The number of hydrogen-bond acceptors (Lipinski definition) is 4. The molecule has 0 aliphatic rings. The van der Waals surface area contributed by atoms with Crippen LogP contribution in [0, 0.1) is 12.3 Å². The highest BCUT2D eigenvalue weighted by Gasteiger charge is 2.38. The lowest BCUT2D eigenvalue weighted by Gasteiger charge is -2.11. The molecule has 0 saturated heterocycles. The topological polar surface area (TPSA) is 65.1 Å². The molecule has 46 heavy (non-hydrogen) atoms. The minimum atomic E-state index is -4.65. The normalized spacial score (nSPS) is 11.7. The molecule has 0 aliphatic carbocycles. The van der Waals surface area contributed by atoms with Crippen molar-refractivity contribution in [3.63, 3.8) is 0 Å². The third kappa shape index (κ3) is 9.31. The molecule has 0 unspecified atom stereocenters. The number of terminal acetylenes is 1. The van der Waals surface area contributed by atoms with Crippen LogP contribution >= 0.6 is 0 Å². The summed E-state index contributed by atoms with van der Waals surface area (Å²) in [5.41, 5.74) is 2.94. The number of halogens is 3. The molecule has 0 atom stereocenters. The first kappa shape index (κ1) is 34.9. The van der Waals surface area contributed by atoms with Crippen molar-refractivity contribution in [1.29, 1.82) is 0 Å². The number of carbonyl (C=O) groups is 1. The fourth-order valence-corrected chi connectivity index (χ4v) is 6.07. The average Bonchev–Trinajstić information content (AvgIpc) is 3.67. The third-order valence-electron chi connectivity index (χ3n) is 8.54. The molecule has 0 fully saturated rings. The zero-order valence-electron chi connectivity index (χ0n) is 27.2. The van der Waals surface area contributed by atoms with Gasteiger partial charge in [-0.15, -0.1) is 6.42 Å². The number of ketones is 1. The Kier molecular flexibility index (Phi) is 13.0. The summed E-state index contributed by atoms with van der Waals surface area (Å²) in [6.45, 7) is 4.21. The standard InChI is InChI=1S/C37H46F3N5O/c1-4-7-8-9-10-11-12-13-14-15-16-17-18-34(46)30-20-19-28(24-29(30)6-3)25-32-36-42-26-33(45(36)23-21-41-32)31-27-44(22-5-2)43-35(31)37(38,39)40/h2,19-21,23-24,26-27H,4,6-18,22,25H2,1,3H3. The first-order valence-electron chi connectivity index (χ1n) is 16.8. The molecule has 4 aromatic rings. The van der Waals surface area contributed by atoms with Crippen LogP contribution in [0.25, 0.3) is 16.9 Å². The number of rotatable bonds is 19. The van der Waals surface area contributed by atoms with E-state index < -0.39 is 11.9 Å². The molecule has 9 heteroatoms. The molecule has 0 bridgehead atoms. The molecule has 0 radical (unpaired) electrons. The summed E-state index contributed by atoms with van der Waals surface area (Å²) in [4.78, 5) is 22.1. The van der Waals surface area contributed by atoms with E-state index in [9.17, 15) is 18.0 Å². The largest absolute Gasteiger partial charge is 0.435 e. The van der Waals surface area contributed by atoms with Gasteiger partial charge in [0.05, 0.1) is 23.1 Å². The van der Waals surface area contributed by atoms with Crippen LogP contribution in [0.15, 0.2) is 43.0 Å². The van der Waals surface area contributed by atoms with Crippen LogP contribution in [0.5, 0.6) is 0 Å². The summed E-state index contributed by atoms with van der Waals surface area (Å²) in [6, 6.07) is 5.88. The van der Waals surface area contributed by atoms with Crippen molar-refractivity contribution in [2.45, 2.75) is 123 Å². The first-order chi connectivity index (χ1) is 22.3. The molecule has 0 spiro atoms. The zero-order valence-corrected chi connectivity index (χ0v) is 27.2. The quantitative estimate of drug-likeness (QED) is 0.0586. The van der Waals surface area contributed by atoms with Crippen LogP contribution < -0.4 is 0 Å². The number of aryl methyl sites for hydroxylation is 1. The number of alkyl halides is 3. The van der Waals surface area contributed by atoms with Gasteiger partial charge in [-0.2, -0.15) is 18.3 Å². The molecule has 0 N–H and O–H groups in total. The maximum atomic E-state index is 13.8. The highest BCUT2D eigenvalue weighted by atomic mass is 19.4. The minimum absolute atomic E-state index is 0.0791. The van der Waals surface area contributed by atoms with Crippen molar-refractivity contribution in [1.82, 2.24) is 24.1 Å². The van der Waals surface area contributed by atoms with Crippen LogP contribution in [-0.2, 0) is 25.6 Å². The second-order valence-corrected chi connectivity index (χ2v) is 12.1. The smallest absolute Gasteiger partial charge is 0.296 e. The molecule has 246 valence electrons. The lowest BCUT2D eigenvalue weighted by Crippen LogP contribution is -2.09. The van der Waals surface area contributed by atoms with Gasteiger partial charge in [0.2, 0.25) is 0 Å². The molecule has 6 nitrogen and oxygen atoms in total. The van der Waals surface area contributed by atoms with Gasteiger partial charge in [0.25, 0.3) is 0 Å². The fourth-order valence-electron chi connectivity index (χ4n) is 6.07. The molecule has 4 rings (SSSR count). The number of carbonyl (C=O) groups excluding carboxylic acids is 1. The van der Waals surface area contributed by atoms with Crippen molar-refractivity contribution < 1.29 is 18.0 Å². The van der Waals surface area contributed by atoms with Crippen molar-refractivity contribution in [3.8, 4) is 23.6 Å². The van der Waals surface area contributed by atoms with E-state index in [-0.39, 0.29) is 23.6 Å². The molecule has 0 amide bonds. The number of nitrogens with zero attached hydrogens (tertiary/aromatic N) is 5. The predicted octanol–water partition coefficient (Wildman–Crippen LogP) is 9.67. The van der Waals surface area contributed by atoms with Gasteiger partial charge >= 0.3 is 6.18 Å². The van der Waals surface area contributed by atoms with Crippen molar-refractivity contribution in [3.05, 3.63) is 71.1 Å². The number of aromatic nitrogens is 5. The zero-order chi connectivity index (χ0) is 32.9. The van der Waals surface area contributed by atoms with Gasteiger partial charge in [-0.3, -0.25) is 18.9 Å². The number of hydrogen-bond donors (Lipinski definition) is 0. The Morgan fingerprint density at radius 1 is 0.935 bits per heavy atom. The van der Waals surface area contributed by atoms with E-state index in [1.54, 1.807) is 16.8 Å². The number of fused-ring (bicyclic) bond motifs is 1. The summed E-state index contributed by atoms with van der Waals surface area (Å²) >= 11 is 0. The van der Waals surface area contributed by atoms with Crippen LogP contribution in [0.4, 0.5) is 13.2 Å². The van der Waals surface area contributed by atoms with E-state index in [2.05, 4.69) is 27.9 Å². The molecule has 0 aliphatic heterocycles. The Balaban J connectivity index is 1.36. The van der Waals surface area contributed by atoms with Gasteiger partial charge in [0, 0.05) is 37.0 Å². The van der Waals surface area contributed by atoms with Gasteiger partial charge in [-0.25, -0.2) is 4.98 Å². The van der Waals surface area contributed by atoms with E-state index in [4.69, 9.17) is 6.42 Å². The first-order valence-corrected chi connectivity index (χ1v) is 16.8. The maximum Gasteiger partial charge on any atom is 0.435 e. The fraction of sp³-hybridized carbons (Fsp3) is 0.514. The van der Waals surface area contributed by atoms with Gasteiger partial charge in [-0.1, -0.05) is 109 Å². The highest BCUT2D eigenvalue weighted by molar-refractivity contribution is 5.97. The predicted molar refractivity (Wildman–Crippen MR) is 177 cm³/mol. The SMILES string of the molecule is C#CCn1cc(-c2cnc3c(Cc4ccc(C(=O)CCCCCCCCCCCCCC)c(CC)c4)nccn23)c(C(F)(F)F)n1.